The van der Waals surface area contributed by atoms with Crippen molar-refractivity contribution >= 4 is 11.3 Å². The van der Waals surface area contributed by atoms with Gasteiger partial charge < -0.3 is 15.2 Å². The minimum Gasteiger partial charge on any atom is -0.390 e. The Bertz CT molecular complexity index is 353. The van der Waals surface area contributed by atoms with Gasteiger partial charge in [0.1, 0.15) is 0 Å². The summed E-state index contributed by atoms with van der Waals surface area (Å²) in [5.41, 5.74) is 0. The molecule has 1 aromatic heterocycles. The maximum absolute atomic E-state index is 9.93. The first-order valence-electron chi connectivity index (χ1n) is 6.34. The first-order valence-corrected chi connectivity index (χ1v) is 7.16. The zero-order chi connectivity index (χ0) is 12.8. The molecule has 102 valence electrons. The van der Waals surface area contributed by atoms with E-state index in [0.29, 0.717) is 6.54 Å². The number of ether oxygens (including phenoxy) is 1. The summed E-state index contributed by atoms with van der Waals surface area (Å²) in [4.78, 5) is 7.66. The van der Waals surface area contributed by atoms with Gasteiger partial charge in [0.2, 0.25) is 0 Å². The highest BCUT2D eigenvalue weighted by atomic mass is 32.1. The highest BCUT2D eigenvalue weighted by molar-refractivity contribution is 7.11. The minimum atomic E-state index is -0.322. The first kappa shape index (κ1) is 13.9. The number of nitrogens with zero attached hydrogens (tertiary/aromatic N) is 2. The summed E-state index contributed by atoms with van der Waals surface area (Å²) in [6.45, 7) is 7.52. The number of aliphatic hydroxyl groups excluding tert-OH is 1. The monoisotopic (exact) mass is 271 g/mol. The molecule has 2 rings (SSSR count). The molecule has 5 nitrogen and oxygen atoms in total. The van der Waals surface area contributed by atoms with Crippen molar-refractivity contribution in [1.29, 1.82) is 0 Å². The van der Waals surface area contributed by atoms with Gasteiger partial charge in [0.15, 0.2) is 0 Å². The van der Waals surface area contributed by atoms with Gasteiger partial charge in [0.05, 0.1) is 24.3 Å². The zero-order valence-electron chi connectivity index (χ0n) is 10.8. The molecule has 1 unspecified atom stereocenters. The van der Waals surface area contributed by atoms with Crippen LogP contribution in [0.4, 0.5) is 0 Å². The molecule has 1 aromatic rings. The van der Waals surface area contributed by atoms with E-state index in [1.165, 1.54) is 4.88 Å². The van der Waals surface area contributed by atoms with Crippen molar-refractivity contribution in [2.75, 3.05) is 39.4 Å². The first-order chi connectivity index (χ1) is 8.74. The largest absolute Gasteiger partial charge is 0.390 e. The molecule has 1 aliphatic rings. The van der Waals surface area contributed by atoms with E-state index in [-0.39, 0.29) is 6.10 Å². The van der Waals surface area contributed by atoms with Crippen molar-refractivity contribution in [2.24, 2.45) is 0 Å². The molecule has 2 heterocycles. The second kappa shape index (κ2) is 7.16. The van der Waals surface area contributed by atoms with Crippen LogP contribution in [0.3, 0.4) is 0 Å². The lowest BCUT2D eigenvalue weighted by Crippen LogP contribution is -2.43. The Morgan fingerprint density at radius 1 is 1.56 bits per heavy atom. The molecule has 1 fully saturated rings. The molecular formula is C12H21N3O2S. The number of thiazole rings is 1. The summed E-state index contributed by atoms with van der Waals surface area (Å²) in [7, 11) is 0. The Morgan fingerprint density at radius 3 is 3.00 bits per heavy atom. The number of hydrogen-bond acceptors (Lipinski definition) is 6. The zero-order valence-corrected chi connectivity index (χ0v) is 11.6. The van der Waals surface area contributed by atoms with E-state index in [1.54, 1.807) is 11.3 Å². The predicted molar refractivity (Wildman–Crippen MR) is 71.8 cm³/mol. The Morgan fingerprint density at radius 2 is 2.33 bits per heavy atom. The van der Waals surface area contributed by atoms with Gasteiger partial charge in [-0.1, -0.05) is 0 Å². The summed E-state index contributed by atoms with van der Waals surface area (Å²) in [5, 5.41) is 14.3. The highest BCUT2D eigenvalue weighted by Gasteiger charge is 2.14. The lowest BCUT2D eigenvalue weighted by Gasteiger charge is -2.28. The fourth-order valence-electron chi connectivity index (χ4n) is 2.00. The average Bonchev–Trinajstić information content (AvgIpc) is 2.76. The van der Waals surface area contributed by atoms with E-state index in [9.17, 15) is 5.11 Å². The van der Waals surface area contributed by atoms with Crippen LogP contribution in [-0.2, 0) is 11.3 Å². The molecule has 0 bridgehead atoms. The summed E-state index contributed by atoms with van der Waals surface area (Å²) in [6, 6.07) is 0. The van der Waals surface area contributed by atoms with E-state index < -0.39 is 0 Å². The number of aliphatic hydroxyl groups is 1. The Hall–Kier alpha value is -0.530. The van der Waals surface area contributed by atoms with Crippen molar-refractivity contribution in [2.45, 2.75) is 19.6 Å². The second-order valence-corrected chi connectivity index (χ2v) is 5.86. The average molecular weight is 271 g/mol. The number of hydrogen-bond donors (Lipinski definition) is 2. The topological polar surface area (TPSA) is 57.6 Å². The lowest BCUT2D eigenvalue weighted by atomic mass is 10.3. The number of morpholine rings is 1. The molecule has 18 heavy (non-hydrogen) atoms. The van der Waals surface area contributed by atoms with Crippen molar-refractivity contribution in [3.63, 3.8) is 0 Å². The number of β-amino-alcohol motifs (C(OH)–C–C–N with tert-alkyl or cyclic N) is 1. The molecule has 0 saturated carbocycles. The maximum Gasteiger partial charge on any atom is 0.0897 e. The molecule has 6 heteroatoms. The van der Waals surface area contributed by atoms with Gasteiger partial charge in [-0.3, -0.25) is 4.90 Å². The van der Waals surface area contributed by atoms with E-state index in [0.717, 1.165) is 44.4 Å². The Balaban J connectivity index is 1.60. The van der Waals surface area contributed by atoms with Crippen LogP contribution in [0.2, 0.25) is 0 Å². The molecule has 1 saturated heterocycles. The molecule has 0 aliphatic carbocycles. The van der Waals surface area contributed by atoms with Gasteiger partial charge in [-0.2, -0.15) is 0 Å². The number of aromatic nitrogens is 1. The smallest absolute Gasteiger partial charge is 0.0897 e. The number of rotatable bonds is 6. The van der Waals surface area contributed by atoms with E-state index in [1.807, 2.05) is 13.1 Å². The van der Waals surface area contributed by atoms with Crippen molar-refractivity contribution in [1.82, 2.24) is 15.2 Å². The molecular weight excluding hydrogens is 250 g/mol. The van der Waals surface area contributed by atoms with Gasteiger partial charge in [-0.25, -0.2) is 4.98 Å². The molecule has 1 atom stereocenters. The van der Waals surface area contributed by atoms with Gasteiger partial charge in [0, 0.05) is 43.8 Å². The van der Waals surface area contributed by atoms with E-state index >= 15 is 0 Å². The van der Waals surface area contributed by atoms with E-state index in [2.05, 4.69) is 15.2 Å². The maximum atomic E-state index is 9.93. The van der Waals surface area contributed by atoms with Crippen molar-refractivity contribution < 1.29 is 9.84 Å². The van der Waals surface area contributed by atoms with Gasteiger partial charge in [-0.05, 0) is 6.92 Å². The molecule has 0 amide bonds. The van der Waals surface area contributed by atoms with Crippen molar-refractivity contribution in [3.8, 4) is 0 Å². The van der Waals surface area contributed by atoms with Gasteiger partial charge >= 0.3 is 0 Å². The van der Waals surface area contributed by atoms with Crippen molar-refractivity contribution in [3.05, 3.63) is 16.1 Å². The summed E-state index contributed by atoms with van der Waals surface area (Å²) in [5.74, 6) is 0. The number of nitrogens with one attached hydrogen (secondary N) is 1. The minimum absolute atomic E-state index is 0.322. The third-order valence-electron chi connectivity index (χ3n) is 2.92. The third kappa shape index (κ3) is 4.62. The van der Waals surface area contributed by atoms with Crippen LogP contribution in [0.25, 0.3) is 0 Å². The van der Waals surface area contributed by atoms with E-state index in [4.69, 9.17) is 4.74 Å². The fraction of sp³-hybridized carbons (Fsp3) is 0.750. The summed E-state index contributed by atoms with van der Waals surface area (Å²) >= 11 is 1.69. The quantitative estimate of drug-likeness (QED) is 0.776. The predicted octanol–water partition coefficient (Wildman–Crippen LogP) is 0.234. The Kier molecular flexibility index (Phi) is 5.52. The second-order valence-electron chi connectivity index (χ2n) is 4.54. The summed E-state index contributed by atoms with van der Waals surface area (Å²) < 4.78 is 5.28. The van der Waals surface area contributed by atoms with Crippen LogP contribution in [0.15, 0.2) is 6.20 Å². The molecule has 2 N–H and O–H groups in total. The number of aryl methyl sites for hydroxylation is 1. The third-order valence-corrected chi connectivity index (χ3v) is 3.83. The van der Waals surface area contributed by atoms with Crippen LogP contribution < -0.4 is 5.32 Å². The van der Waals surface area contributed by atoms with Gasteiger partial charge in [-0.15, -0.1) is 11.3 Å². The summed E-state index contributed by atoms with van der Waals surface area (Å²) in [6.07, 6.45) is 1.57. The molecule has 0 spiro atoms. The molecule has 0 radical (unpaired) electrons. The van der Waals surface area contributed by atoms with Crippen LogP contribution >= 0.6 is 11.3 Å². The lowest BCUT2D eigenvalue weighted by molar-refractivity contribution is 0.0149. The fourth-order valence-corrected chi connectivity index (χ4v) is 2.76. The van der Waals surface area contributed by atoms with Crippen LogP contribution in [0, 0.1) is 6.92 Å². The van der Waals surface area contributed by atoms with Crippen LogP contribution in [-0.4, -0.2) is 60.5 Å². The van der Waals surface area contributed by atoms with Crippen LogP contribution in [0.5, 0.6) is 0 Å². The van der Waals surface area contributed by atoms with Crippen LogP contribution in [0.1, 0.15) is 9.88 Å². The highest BCUT2D eigenvalue weighted by Crippen LogP contribution is 2.10. The van der Waals surface area contributed by atoms with Gasteiger partial charge in [0.25, 0.3) is 0 Å². The SMILES string of the molecule is Cc1ncc(CNCC(O)CN2CCOCC2)s1. The Labute approximate surface area is 112 Å². The normalized spacial score (nSPS) is 19.0. The molecule has 1 aliphatic heterocycles. The standard InChI is InChI=1S/C12H21N3O2S/c1-10-14-8-12(18-10)7-13-6-11(16)9-15-2-4-17-5-3-15/h8,11,13,16H,2-7,9H2,1H3. The molecule has 0 aromatic carbocycles.